The molecule has 0 aromatic heterocycles. The van der Waals surface area contributed by atoms with Gasteiger partial charge in [0.25, 0.3) is 0 Å². The predicted octanol–water partition coefficient (Wildman–Crippen LogP) is 3.12. The molecule has 4 heteroatoms. The van der Waals surface area contributed by atoms with Gasteiger partial charge in [0, 0.05) is 18.5 Å². The second-order valence-corrected chi connectivity index (χ2v) is 5.88. The molecule has 1 fully saturated rings. The molecule has 0 radical (unpaired) electrons. The molecule has 1 saturated heterocycles. The second kappa shape index (κ2) is 8.92. The summed E-state index contributed by atoms with van der Waals surface area (Å²) in [5.74, 6) is 0.858. The zero-order valence-corrected chi connectivity index (χ0v) is 13.2. The van der Waals surface area contributed by atoms with Crippen molar-refractivity contribution >= 4 is 21.8 Å². The highest BCUT2D eigenvalue weighted by atomic mass is 79.9. The molecule has 3 unspecified atom stereocenters. The average molecular weight is 320 g/mol. The van der Waals surface area contributed by atoms with Crippen molar-refractivity contribution in [3.63, 3.8) is 0 Å². The van der Waals surface area contributed by atoms with E-state index in [1.165, 1.54) is 12.8 Å². The zero-order chi connectivity index (χ0) is 13.4. The van der Waals surface area contributed by atoms with Crippen molar-refractivity contribution < 1.29 is 9.53 Å². The second-order valence-electron chi connectivity index (χ2n) is 5.09. The summed E-state index contributed by atoms with van der Waals surface area (Å²) in [6.07, 6.45) is 5.43. The third kappa shape index (κ3) is 4.88. The van der Waals surface area contributed by atoms with Crippen LogP contribution in [-0.2, 0) is 9.53 Å². The predicted molar refractivity (Wildman–Crippen MR) is 78.0 cm³/mol. The zero-order valence-electron chi connectivity index (χ0n) is 11.6. The number of hydrogen-bond acceptors (Lipinski definition) is 2. The summed E-state index contributed by atoms with van der Waals surface area (Å²) in [7, 11) is 0. The molecule has 1 aliphatic heterocycles. The highest BCUT2D eigenvalue weighted by Crippen LogP contribution is 2.23. The molecule has 0 saturated carbocycles. The van der Waals surface area contributed by atoms with E-state index in [0.717, 1.165) is 37.7 Å². The molecule has 1 heterocycles. The van der Waals surface area contributed by atoms with E-state index >= 15 is 0 Å². The van der Waals surface area contributed by atoms with E-state index in [4.69, 9.17) is 4.74 Å². The topological polar surface area (TPSA) is 38.3 Å². The molecular formula is C14H26BrNO2. The van der Waals surface area contributed by atoms with Gasteiger partial charge < -0.3 is 10.1 Å². The smallest absolute Gasteiger partial charge is 0.225 e. The first-order valence-electron chi connectivity index (χ1n) is 7.18. The van der Waals surface area contributed by atoms with E-state index in [1.54, 1.807) is 0 Å². The molecule has 3 atom stereocenters. The van der Waals surface area contributed by atoms with Crippen LogP contribution in [0.25, 0.3) is 0 Å². The SMILES string of the molecule is CCCC(CCBr)CNC(=O)C1CCOC1CC. The fourth-order valence-corrected chi connectivity index (χ4v) is 3.29. The number of ether oxygens (including phenoxy) is 1. The standard InChI is InChI=1S/C14H26BrNO2/c1-3-5-11(6-8-15)10-16-14(17)12-7-9-18-13(12)4-2/h11-13H,3-10H2,1-2H3,(H,16,17). The molecule has 18 heavy (non-hydrogen) atoms. The molecule has 0 aromatic rings. The normalized spacial score (nSPS) is 25.1. The lowest BCUT2D eigenvalue weighted by atomic mass is 9.97. The molecular weight excluding hydrogens is 294 g/mol. The van der Waals surface area contributed by atoms with Gasteiger partial charge in [-0.3, -0.25) is 4.79 Å². The van der Waals surface area contributed by atoms with Crippen molar-refractivity contribution in [1.82, 2.24) is 5.32 Å². The minimum atomic E-state index is 0.0706. The average Bonchev–Trinajstić information content (AvgIpc) is 2.84. The van der Waals surface area contributed by atoms with Crippen LogP contribution in [0.1, 0.15) is 46.0 Å². The van der Waals surface area contributed by atoms with Gasteiger partial charge >= 0.3 is 0 Å². The van der Waals surface area contributed by atoms with Crippen molar-refractivity contribution in [2.45, 2.75) is 52.1 Å². The molecule has 3 nitrogen and oxygen atoms in total. The third-order valence-corrected chi connectivity index (χ3v) is 4.19. The number of alkyl halides is 1. The summed E-state index contributed by atoms with van der Waals surface area (Å²) < 4.78 is 5.57. The Bertz CT molecular complexity index is 242. The van der Waals surface area contributed by atoms with Gasteiger partial charge in [0.1, 0.15) is 0 Å². The number of halogens is 1. The Morgan fingerprint density at radius 1 is 1.44 bits per heavy atom. The lowest BCUT2D eigenvalue weighted by Gasteiger charge is -2.20. The van der Waals surface area contributed by atoms with Crippen molar-refractivity contribution in [1.29, 1.82) is 0 Å². The van der Waals surface area contributed by atoms with Crippen LogP contribution in [0.5, 0.6) is 0 Å². The van der Waals surface area contributed by atoms with Gasteiger partial charge in [0.05, 0.1) is 12.0 Å². The minimum absolute atomic E-state index is 0.0706. The summed E-state index contributed by atoms with van der Waals surface area (Å²) in [5.41, 5.74) is 0. The summed E-state index contributed by atoms with van der Waals surface area (Å²) in [6.45, 7) is 5.82. The number of nitrogens with one attached hydrogen (secondary N) is 1. The Hall–Kier alpha value is -0.0900. The van der Waals surface area contributed by atoms with Crippen molar-refractivity contribution in [3.8, 4) is 0 Å². The van der Waals surface area contributed by atoms with Crippen LogP contribution >= 0.6 is 15.9 Å². The maximum absolute atomic E-state index is 12.1. The van der Waals surface area contributed by atoms with Gasteiger partial charge in [-0.1, -0.05) is 36.2 Å². The largest absolute Gasteiger partial charge is 0.377 e. The van der Waals surface area contributed by atoms with E-state index < -0.39 is 0 Å². The number of carbonyl (C=O) groups is 1. The van der Waals surface area contributed by atoms with Gasteiger partial charge in [-0.2, -0.15) is 0 Å². The molecule has 0 aromatic carbocycles. The van der Waals surface area contributed by atoms with E-state index in [0.29, 0.717) is 5.92 Å². The first kappa shape index (κ1) is 16.0. The molecule has 0 bridgehead atoms. The summed E-state index contributed by atoms with van der Waals surface area (Å²) in [4.78, 5) is 12.1. The lowest BCUT2D eigenvalue weighted by molar-refractivity contribution is -0.126. The first-order chi connectivity index (χ1) is 8.72. The van der Waals surface area contributed by atoms with Crippen molar-refractivity contribution in [2.75, 3.05) is 18.5 Å². The Morgan fingerprint density at radius 2 is 2.22 bits per heavy atom. The quantitative estimate of drug-likeness (QED) is 0.698. The highest BCUT2D eigenvalue weighted by Gasteiger charge is 2.32. The summed E-state index contributed by atoms with van der Waals surface area (Å²) in [6, 6.07) is 0. The van der Waals surface area contributed by atoms with Crippen molar-refractivity contribution in [3.05, 3.63) is 0 Å². The maximum Gasteiger partial charge on any atom is 0.225 e. The molecule has 0 aliphatic carbocycles. The highest BCUT2D eigenvalue weighted by molar-refractivity contribution is 9.09. The Labute approximate surface area is 119 Å². The summed E-state index contributed by atoms with van der Waals surface area (Å²) >= 11 is 3.48. The Balaban J connectivity index is 2.34. The molecule has 106 valence electrons. The van der Waals surface area contributed by atoms with Crippen LogP contribution in [0.2, 0.25) is 0 Å². The van der Waals surface area contributed by atoms with Crippen LogP contribution in [-0.4, -0.2) is 30.5 Å². The van der Waals surface area contributed by atoms with Gasteiger partial charge in [-0.15, -0.1) is 0 Å². The maximum atomic E-state index is 12.1. The fraction of sp³-hybridized carbons (Fsp3) is 0.929. The number of carbonyl (C=O) groups excluding carboxylic acids is 1. The fourth-order valence-electron chi connectivity index (χ4n) is 2.64. The number of amides is 1. The number of hydrogen-bond donors (Lipinski definition) is 1. The Morgan fingerprint density at radius 3 is 2.83 bits per heavy atom. The Kier molecular flexibility index (Phi) is 7.91. The molecule has 1 amide bonds. The van der Waals surface area contributed by atoms with Gasteiger partial charge in [0.2, 0.25) is 5.91 Å². The van der Waals surface area contributed by atoms with Gasteiger partial charge in [-0.25, -0.2) is 0 Å². The van der Waals surface area contributed by atoms with Crippen LogP contribution < -0.4 is 5.32 Å². The van der Waals surface area contributed by atoms with Gasteiger partial charge in [-0.05, 0) is 31.6 Å². The van der Waals surface area contributed by atoms with Crippen LogP contribution in [0.15, 0.2) is 0 Å². The van der Waals surface area contributed by atoms with Crippen LogP contribution in [0.3, 0.4) is 0 Å². The molecule has 0 spiro atoms. The third-order valence-electron chi connectivity index (χ3n) is 3.73. The number of rotatable bonds is 8. The molecule has 1 aliphatic rings. The van der Waals surface area contributed by atoms with E-state index in [2.05, 4.69) is 35.1 Å². The van der Waals surface area contributed by atoms with Crippen molar-refractivity contribution in [2.24, 2.45) is 11.8 Å². The minimum Gasteiger partial charge on any atom is -0.377 e. The first-order valence-corrected chi connectivity index (χ1v) is 8.30. The van der Waals surface area contributed by atoms with E-state index in [-0.39, 0.29) is 17.9 Å². The summed E-state index contributed by atoms with van der Waals surface area (Å²) in [5, 5.41) is 4.13. The molecule has 1 rings (SSSR count). The van der Waals surface area contributed by atoms with Crippen LogP contribution in [0, 0.1) is 11.8 Å². The van der Waals surface area contributed by atoms with Gasteiger partial charge in [0.15, 0.2) is 0 Å². The molecule has 1 N–H and O–H groups in total. The van der Waals surface area contributed by atoms with E-state index in [9.17, 15) is 4.79 Å². The van der Waals surface area contributed by atoms with E-state index in [1.807, 2.05) is 0 Å². The van der Waals surface area contributed by atoms with Crippen LogP contribution in [0.4, 0.5) is 0 Å². The lowest BCUT2D eigenvalue weighted by Crippen LogP contribution is -2.37. The monoisotopic (exact) mass is 319 g/mol.